The van der Waals surface area contributed by atoms with Crippen LogP contribution >= 0.6 is 11.6 Å². The van der Waals surface area contributed by atoms with Crippen molar-refractivity contribution in [3.8, 4) is 0 Å². The summed E-state index contributed by atoms with van der Waals surface area (Å²) in [5.74, 6) is -0.369. The minimum atomic E-state index is -0.258. The smallest absolute Gasteiger partial charge is 0.230 e. The number of primary amides is 1. The summed E-state index contributed by atoms with van der Waals surface area (Å²) in [6.07, 6.45) is 2.08. The molecule has 4 nitrogen and oxygen atoms in total. The number of carbonyl (C=O) groups is 2. The number of nitrogens with zero attached hydrogens (tertiary/aromatic N) is 1. The van der Waals surface area contributed by atoms with Crippen molar-refractivity contribution in [2.45, 2.75) is 32.1 Å². The lowest BCUT2D eigenvalue weighted by molar-refractivity contribution is -0.136. The second-order valence-electron chi connectivity index (χ2n) is 5.51. The lowest BCUT2D eigenvalue weighted by Gasteiger charge is -2.33. The van der Waals surface area contributed by atoms with Gasteiger partial charge in [-0.3, -0.25) is 9.59 Å². The number of nitrogens with two attached hydrogens (primary N) is 1. The number of amides is 2. The van der Waals surface area contributed by atoms with E-state index < -0.39 is 0 Å². The van der Waals surface area contributed by atoms with E-state index in [1.54, 1.807) is 0 Å². The van der Waals surface area contributed by atoms with E-state index in [0.29, 0.717) is 31.0 Å². The van der Waals surface area contributed by atoms with Gasteiger partial charge in [-0.2, -0.15) is 0 Å². The Morgan fingerprint density at radius 1 is 1.29 bits per heavy atom. The second-order valence-corrected chi connectivity index (χ2v) is 5.95. The summed E-state index contributed by atoms with van der Waals surface area (Å²) < 4.78 is 0. The minimum absolute atomic E-state index is 0.0929. The van der Waals surface area contributed by atoms with E-state index in [9.17, 15) is 9.59 Å². The fraction of sp³-hybridized carbons (Fsp3) is 0.500. The number of likely N-dealkylation sites (tertiary alicyclic amines) is 1. The maximum Gasteiger partial charge on any atom is 0.230 e. The van der Waals surface area contributed by atoms with Crippen LogP contribution < -0.4 is 5.73 Å². The molecule has 1 fully saturated rings. The fourth-order valence-corrected chi connectivity index (χ4v) is 2.98. The molecule has 1 aliphatic heterocycles. The minimum Gasteiger partial charge on any atom is -0.369 e. The summed E-state index contributed by atoms with van der Waals surface area (Å²) in [7, 11) is 0. The number of hydrogen-bond acceptors (Lipinski definition) is 2. The van der Waals surface area contributed by atoms with Crippen molar-refractivity contribution >= 4 is 23.4 Å². The molecule has 1 atom stereocenters. The average molecular weight is 309 g/mol. The molecule has 0 aromatic heterocycles. The van der Waals surface area contributed by atoms with Crippen LogP contribution in [0.2, 0.25) is 5.02 Å². The summed E-state index contributed by atoms with van der Waals surface area (Å²) in [5, 5.41) is 0.670. The summed E-state index contributed by atoms with van der Waals surface area (Å²) in [4.78, 5) is 25.7. The SMILES string of the molecule is CCC(C(=O)N1CCC(C(N)=O)CC1)c1ccc(Cl)cc1. The molecular formula is C16H21ClN2O2. The molecule has 0 radical (unpaired) electrons. The zero-order chi connectivity index (χ0) is 15.4. The third-order valence-corrected chi connectivity index (χ3v) is 4.44. The first kappa shape index (κ1) is 15.8. The Kier molecular flexibility index (Phi) is 5.23. The Bertz CT molecular complexity index is 508. The van der Waals surface area contributed by atoms with Gasteiger partial charge in [0.05, 0.1) is 5.92 Å². The van der Waals surface area contributed by atoms with Crippen molar-refractivity contribution in [1.82, 2.24) is 4.90 Å². The van der Waals surface area contributed by atoms with Crippen LogP contribution in [0.25, 0.3) is 0 Å². The summed E-state index contributed by atoms with van der Waals surface area (Å²) >= 11 is 5.89. The van der Waals surface area contributed by atoms with Crippen molar-refractivity contribution in [3.63, 3.8) is 0 Å². The molecule has 2 N–H and O–H groups in total. The van der Waals surface area contributed by atoms with Gasteiger partial charge in [-0.05, 0) is 37.0 Å². The van der Waals surface area contributed by atoms with E-state index in [-0.39, 0.29) is 23.7 Å². The van der Waals surface area contributed by atoms with Gasteiger partial charge in [0.15, 0.2) is 0 Å². The molecule has 0 spiro atoms. The number of hydrogen-bond donors (Lipinski definition) is 1. The number of piperidine rings is 1. The summed E-state index contributed by atoms with van der Waals surface area (Å²) in [5.41, 5.74) is 6.31. The van der Waals surface area contributed by atoms with Crippen LogP contribution in [0.15, 0.2) is 24.3 Å². The average Bonchev–Trinajstić information content (AvgIpc) is 2.50. The van der Waals surface area contributed by atoms with E-state index in [4.69, 9.17) is 17.3 Å². The topological polar surface area (TPSA) is 63.4 Å². The first-order valence-corrected chi connectivity index (χ1v) is 7.74. The van der Waals surface area contributed by atoms with Crippen molar-refractivity contribution < 1.29 is 9.59 Å². The molecule has 5 heteroatoms. The van der Waals surface area contributed by atoms with Gasteiger partial charge in [-0.25, -0.2) is 0 Å². The first-order valence-electron chi connectivity index (χ1n) is 7.36. The van der Waals surface area contributed by atoms with Gasteiger partial charge in [-0.15, -0.1) is 0 Å². The quantitative estimate of drug-likeness (QED) is 0.929. The zero-order valence-electron chi connectivity index (χ0n) is 12.2. The Labute approximate surface area is 130 Å². The molecule has 1 heterocycles. The number of rotatable bonds is 4. The van der Waals surface area contributed by atoms with Crippen molar-refractivity contribution in [1.29, 1.82) is 0 Å². The van der Waals surface area contributed by atoms with Crippen LogP contribution in [0.5, 0.6) is 0 Å². The molecule has 114 valence electrons. The summed E-state index contributed by atoms with van der Waals surface area (Å²) in [6, 6.07) is 7.44. The molecule has 0 aliphatic carbocycles. The van der Waals surface area contributed by atoms with Crippen molar-refractivity contribution in [3.05, 3.63) is 34.9 Å². The third kappa shape index (κ3) is 3.76. The fourth-order valence-electron chi connectivity index (χ4n) is 2.85. The van der Waals surface area contributed by atoms with Gasteiger partial charge >= 0.3 is 0 Å². The monoisotopic (exact) mass is 308 g/mol. The third-order valence-electron chi connectivity index (χ3n) is 4.19. The Hall–Kier alpha value is -1.55. The predicted molar refractivity (Wildman–Crippen MR) is 83.0 cm³/mol. The van der Waals surface area contributed by atoms with Crippen molar-refractivity contribution in [2.24, 2.45) is 11.7 Å². The number of carbonyl (C=O) groups excluding carboxylic acids is 2. The first-order chi connectivity index (χ1) is 10.0. The van der Waals surface area contributed by atoms with Crippen LogP contribution in [0.3, 0.4) is 0 Å². The molecule has 21 heavy (non-hydrogen) atoms. The van der Waals surface area contributed by atoms with E-state index in [1.165, 1.54) is 0 Å². The van der Waals surface area contributed by atoms with E-state index >= 15 is 0 Å². The van der Waals surface area contributed by atoms with E-state index in [1.807, 2.05) is 36.1 Å². The van der Waals surface area contributed by atoms with Crippen LogP contribution in [0.1, 0.15) is 37.7 Å². The highest BCUT2D eigenvalue weighted by molar-refractivity contribution is 6.30. The number of halogens is 1. The molecular weight excluding hydrogens is 288 g/mol. The largest absolute Gasteiger partial charge is 0.369 e. The maximum atomic E-state index is 12.7. The lowest BCUT2D eigenvalue weighted by atomic mass is 9.91. The number of benzene rings is 1. The molecule has 0 bridgehead atoms. The highest BCUT2D eigenvalue weighted by Crippen LogP contribution is 2.26. The van der Waals surface area contributed by atoms with Gasteiger partial charge in [0.1, 0.15) is 0 Å². The van der Waals surface area contributed by atoms with Gasteiger partial charge in [0.2, 0.25) is 11.8 Å². The lowest BCUT2D eigenvalue weighted by Crippen LogP contribution is -2.43. The molecule has 1 aromatic rings. The van der Waals surface area contributed by atoms with E-state index in [0.717, 1.165) is 12.0 Å². The van der Waals surface area contributed by atoms with Crippen LogP contribution in [0, 0.1) is 5.92 Å². The molecule has 2 rings (SSSR count). The van der Waals surface area contributed by atoms with E-state index in [2.05, 4.69) is 0 Å². The summed E-state index contributed by atoms with van der Waals surface area (Å²) in [6.45, 7) is 3.22. The predicted octanol–water partition coefficient (Wildman–Crippen LogP) is 2.56. The highest BCUT2D eigenvalue weighted by Gasteiger charge is 2.29. The van der Waals surface area contributed by atoms with Gasteiger partial charge in [-0.1, -0.05) is 30.7 Å². The standard InChI is InChI=1S/C16H21ClN2O2/c1-2-14(11-3-5-13(17)6-4-11)16(21)19-9-7-12(8-10-19)15(18)20/h3-6,12,14H,2,7-10H2,1H3,(H2,18,20). The van der Waals surface area contributed by atoms with Crippen LogP contribution in [0.4, 0.5) is 0 Å². The van der Waals surface area contributed by atoms with Gasteiger partial charge < -0.3 is 10.6 Å². The normalized spacial score (nSPS) is 17.5. The van der Waals surface area contributed by atoms with Crippen LogP contribution in [-0.4, -0.2) is 29.8 Å². The molecule has 0 saturated carbocycles. The molecule has 1 saturated heterocycles. The molecule has 1 aromatic carbocycles. The van der Waals surface area contributed by atoms with Gasteiger partial charge in [0.25, 0.3) is 0 Å². The Balaban J connectivity index is 2.04. The Morgan fingerprint density at radius 3 is 2.33 bits per heavy atom. The zero-order valence-corrected chi connectivity index (χ0v) is 13.0. The highest BCUT2D eigenvalue weighted by atomic mass is 35.5. The molecule has 1 unspecified atom stereocenters. The molecule has 1 aliphatic rings. The maximum absolute atomic E-state index is 12.7. The second kappa shape index (κ2) is 6.94. The van der Waals surface area contributed by atoms with Crippen LogP contribution in [-0.2, 0) is 9.59 Å². The Morgan fingerprint density at radius 2 is 1.86 bits per heavy atom. The molecule has 2 amide bonds. The van der Waals surface area contributed by atoms with Gasteiger partial charge in [0, 0.05) is 24.0 Å². The van der Waals surface area contributed by atoms with Crippen molar-refractivity contribution in [2.75, 3.05) is 13.1 Å².